The van der Waals surface area contributed by atoms with Crippen LogP contribution in [0.15, 0.2) is 88.8 Å². The Morgan fingerprint density at radius 1 is 0.875 bits per heavy atom. The van der Waals surface area contributed by atoms with Crippen LogP contribution in [-0.2, 0) is 14.6 Å². The summed E-state index contributed by atoms with van der Waals surface area (Å²) in [5, 5.41) is 0. The molecular formula is C25H21NO5S. The summed E-state index contributed by atoms with van der Waals surface area (Å²) in [7, 11) is -4.01. The molecule has 162 valence electrons. The van der Waals surface area contributed by atoms with Crippen molar-refractivity contribution in [2.24, 2.45) is 0 Å². The Kier molecular flexibility index (Phi) is 5.67. The van der Waals surface area contributed by atoms with Crippen LogP contribution in [-0.4, -0.2) is 26.8 Å². The second-order valence-corrected chi connectivity index (χ2v) is 9.18. The monoisotopic (exact) mass is 447 g/mol. The fourth-order valence-corrected chi connectivity index (χ4v) is 5.01. The standard InChI is InChI=1S/C25H21NO5S/c1-3-31-25(28)19-12-14-20(15-13-19)26-16-23(24(27)18-10-8-17(2)9-11-18)32(29,30)22-7-5-4-6-21(22)26/h4-16H,3H2,1-2H3. The predicted molar refractivity (Wildman–Crippen MR) is 122 cm³/mol. The lowest BCUT2D eigenvalue weighted by molar-refractivity contribution is 0.0526. The van der Waals surface area contributed by atoms with Crippen molar-refractivity contribution in [1.82, 2.24) is 0 Å². The lowest BCUT2D eigenvalue weighted by atomic mass is 10.1. The molecule has 0 saturated carbocycles. The van der Waals surface area contributed by atoms with Gasteiger partial charge in [0, 0.05) is 17.5 Å². The van der Waals surface area contributed by atoms with Crippen molar-refractivity contribution in [3.8, 4) is 0 Å². The maximum atomic E-state index is 13.3. The molecule has 0 radical (unpaired) electrons. The quantitative estimate of drug-likeness (QED) is 0.412. The first-order valence-corrected chi connectivity index (χ1v) is 11.5. The van der Waals surface area contributed by atoms with Crippen LogP contribution in [0.3, 0.4) is 0 Å². The van der Waals surface area contributed by atoms with Gasteiger partial charge in [0.25, 0.3) is 0 Å². The number of hydrogen-bond donors (Lipinski definition) is 0. The number of nitrogens with zero attached hydrogens (tertiary/aromatic N) is 1. The summed E-state index contributed by atoms with van der Waals surface area (Å²) in [6.45, 7) is 3.89. The minimum atomic E-state index is -4.01. The predicted octanol–water partition coefficient (Wildman–Crippen LogP) is 4.82. The summed E-state index contributed by atoms with van der Waals surface area (Å²) >= 11 is 0. The van der Waals surface area contributed by atoms with E-state index >= 15 is 0 Å². The molecule has 6 nitrogen and oxygen atoms in total. The van der Waals surface area contributed by atoms with Crippen molar-refractivity contribution < 1.29 is 22.7 Å². The number of carbonyl (C=O) groups is 2. The van der Waals surface area contributed by atoms with Crippen molar-refractivity contribution in [3.63, 3.8) is 0 Å². The van der Waals surface area contributed by atoms with Crippen LogP contribution in [0.25, 0.3) is 0 Å². The van der Waals surface area contributed by atoms with Gasteiger partial charge < -0.3 is 9.64 Å². The molecule has 1 aliphatic rings. The zero-order chi connectivity index (χ0) is 22.9. The molecule has 1 aliphatic heterocycles. The van der Waals surface area contributed by atoms with Gasteiger partial charge in [-0.15, -0.1) is 0 Å². The van der Waals surface area contributed by atoms with E-state index in [0.717, 1.165) is 5.56 Å². The Balaban J connectivity index is 1.82. The number of rotatable bonds is 5. The maximum absolute atomic E-state index is 13.3. The topological polar surface area (TPSA) is 80.8 Å². The van der Waals surface area contributed by atoms with Crippen LogP contribution in [0, 0.1) is 6.92 Å². The Morgan fingerprint density at radius 2 is 1.50 bits per heavy atom. The van der Waals surface area contributed by atoms with Crippen LogP contribution >= 0.6 is 0 Å². The number of benzene rings is 3. The molecule has 32 heavy (non-hydrogen) atoms. The summed E-state index contributed by atoms with van der Waals surface area (Å²) in [5.74, 6) is -1.01. The van der Waals surface area contributed by atoms with Gasteiger partial charge in [-0.2, -0.15) is 0 Å². The molecule has 0 fully saturated rings. The van der Waals surface area contributed by atoms with E-state index < -0.39 is 21.6 Å². The minimum absolute atomic E-state index is 0.0485. The van der Waals surface area contributed by atoms with Gasteiger partial charge in [-0.1, -0.05) is 42.0 Å². The van der Waals surface area contributed by atoms with Gasteiger partial charge in [0.1, 0.15) is 4.91 Å². The van der Waals surface area contributed by atoms with E-state index in [2.05, 4.69) is 0 Å². The molecule has 3 aromatic rings. The number of ether oxygens (including phenoxy) is 1. The largest absolute Gasteiger partial charge is 0.462 e. The summed E-state index contributed by atoms with van der Waals surface area (Å²) in [6, 6.07) is 19.9. The van der Waals surface area contributed by atoms with Gasteiger partial charge in [0.2, 0.25) is 15.6 Å². The van der Waals surface area contributed by atoms with E-state index in [9.17, 15) is 18.0 Å². The molecule has 0 bridgehead atoms. The number of sulfone groups is 1. The number of ketones is 1. The van der Waals surface area contributed by atoms with Crippen LogP contribution in [0.2, 0.25) is 0 Å². The van der Waals surface area contributed by atoms with Crippen molar-refractivity contribution >= 4 is 33.0 Å². The molecule has 0 aromatic heterocycles. The van der Waals surface area contributed by atoms with E-state index in [1.165, 1.54) is 12.3 Å². The molecule has 0 unspecified atom stereocenters. The zero-order valence-electron chi connectivity index (χ0n) is 17.6. The highest BCUT2D eigenvalue weighted by molar-refractivity contribution is 7.96. The molecule has 0 saturated heterocycles. The highest BCUT2D eigenvalue weighted by Gasteiger charge is 2.36. The molecular weight excluding hydrogens is 426 g/mol. The Morgan fingerprint density at radius 3 is 2.16 bits per heavy atom. The van der Waals surface area contributed by atoms with Gasteiger partial charge in [-0.05, 0) is 50.2 Å². The van der Waals surface area contributed by atoms with E-state index in [1.807, 2.05) is 6.92 Å². The number of esters is 1. The number of aryl methyl sites for hydroxylation is 1. The van der Waals surface area contributed by atoms with Crippen molar-refractivity contribution in [2.45, 2.75) is 18.7 Å². The molecule has 4 rings (SSSR count). The molecule has 0 aliphatic carbocycles. The number of carbonyl (C=O) groups excluding carboxylic acids is 2. The highest BCUT2D eigenvalue weighted by atomic mass is 32.2. The smallest absolute Gasteiger partial charge is 0.338 e. The third kappa shape index (κ3) is 3.83. The summed E-state index contributed by atoms with van der Waals surface area (Å²) in [5.41, 5.74) is 2.68. The van der Waals surface area contributed by atoms with Crippen LogP contribution < -0.4 is 4.90 Å². The van der Waals surface area contributed by atoms with Gasteiger partial charge in [0.05, 0.1) is 22.8 Å². The molecule has 0 atom stereocenters. The van der Waals surface area contributed by atoms with Gasteiger partial charge >= 0.3 is 5.97 Å². The fourth-order valence-electron chi connectivity index (χ4n) is 3.47. The average molecular weight is 448 g/mol. The van der Waals surface area contributed by atoms with Gasteiger partial charge in [-0.3, -0.25) is 4.79 Å². The van der Waals surface area contributed by atoms with E-state index in [0.29, 0.717) is 22.5 Å². The van der Waals surface area contributed by atoms with E-state index in [-0.39, 0.29) is 16.4 Å². The van der Waals surface area contributed by atoms with Crippen LogP contribution in [0.4, 0.5) is 11.4 Å². The van der Waals surface area contributed by atoms with E-state index in [1.54, 1.807) is 78.6 Å². The second kappa shape index (κ2) is 8.43. The Bertz CT molecular complexity index is 1320. The number of para-hydroxylation sites is 1. The number of fused-ring (bicyclic) bond motifs is 1. The molecule has 0 spiro atoms. The molecule has 0 amide bonds. The first-order chi connectivity index (χ1) is 15.3. The number of anilines is 2. The van der Waals surface area contributed by atoms with Crippen molar-refractivity contribution in [2.75, 3.05) is 11.5 Å². The third-order valence-electron chi connectivity index (χ3n) is 5.14. The molecule has 7 heteroatoms. The normalized spacial score (nSPS) is 14.3. The second-order valence-electron chi connectivity index (χ2n) is 7.30. The zero-order valence-corrected chi connectivity index (χ0v) is 18.4. The Labute approximate surface area is 186 Å². The fraction of sp³-hybridized carbons (Fsp3) is 0.120. The van der Waals surface area contributed by atoms with E-state index in [4.69, 9.17) is 4.74 Å². The minimum Gasteiger partial charge on any atom is -0.462 e. The molecule has 0 N–H and O–H groups in total. The summed E-state index contributed by atoms with van der Waals surface area (Å²) < 4.78 is 31.6. The van der Waals surface area contributed by atoms with Crippen molar-refractivity contribution in [3.05, 3.63) is 101 Å². The number of Topliss-reactive ketones (excluding diaryl/α,β-unsaturated/α-hetero) is 1. The third-order valence-corrected chi connectivity index (χ3v) is 6.94. The first-order valence-electron chi connectivity index (χ1n) is 10.1. The van der Waals surface area contributed by atoms with Crippen molar-refractivity contribution in [1.29, 1.82) is 0 Å². The lowest BCUT2D eigenvalue weighted by Crippen LogP contribution is -2.25. The number of allylic oxidation sites excluding steroid dienone is 1. The van der Waals surface area contributed by atoms with Crippen LogP contribution in [0.5, 0.6) is 0 Å². The Hall–Kier alpha value is -3.71. The molecule has 1 heterocycles. The average Bonchev–Trinajstić information content (AvgIpc) is 2.80. The highest BCUT2D eigenvalue weighted by Crippen LogP contribution is 2.40. The number of hydrogen-bond acceptors (Lipinski definition) is 6. The molecule has 3 aromatic carbocycles. The first kappa shape index (κ1) is 21.5. The van der Waals surface area contributed by atoms with Gasteiger partial charge in [0.15, 0.2) is 0 Å². The van der Waals surface area contributed by atoms with Crippen LogP contribution in [0.1, 0.15) is 33.2 Å². The SMILES string of the molecule is CCOC(=O)c1ccc(N2C=C(C(=O)c3ccc(C)cc3)S(=O)(=O)c3ccccc32)cc1. The van der Waals surface area contributed by atoms with Gasteiger partial charge in [-0.25, -0.2) is 13.2 Å². The lowest BCUT2D eigenvalue weighted by Gasteiger charge is -2.29. The summed E-state index contributed by atoms with van der Waals surface area (Å²) in [6.07, 6.45) is 1.35. The maximum Gasteiger partial charge on any atom is 0.338 e. The summed E-state index contributed by atoms with van der Waals surface area (Å²) in [4.78, 5) is 26.5.